The summed E-state index contributed by atoms with van der Waals surface area (Å²) in [4.78, 5) is 23.0. The number of nitrogens with zero attached hydrogens (tertiary/aromatic N) is 3. The van der Waals surface area contributed by atoms with Crippen molar-refractivity contribution in [1.29, 1.82) is 5.26 Å². The highest BCUT2D eigenvalue weighted by molar-refractivity contribution is 5.85. The van der Waals surface area contributed by atoms with Crippen molar-refractivity contribution in [2.75, 3.05) is 13.7 Å². The van der Waals surface area contributed by atoms with Gasteiger partial charge in [-0.25, -0.2) is 0 Å². The number of hydrogen-bond donors (Lipinski definition) is 0. The maximum absolute atomic E-state index is 12.0. The quantitative estimate of drug-likeness (QED) is 0.437. The van der Waals surface area contributed by atoms with Crippen LogP contribution in [-0.4, -0.2) is 29.8 Å². The molecule has 1 heterocycles. The van der Waals surface area contributed by atoms with Crippen LogP contribution in [0.4, 0.5) is 5.69 Å². The van der Waals surface area contributed by atoms with Gasteiger partial charge in [0.05, 0.1) is 41.5 Å². The van der Waals surface area contributed by atoms with Gasteiger partial charge in [-0.15, -0.1) is 0 Å². The lowest BCUT2D eigenvalue weighted by Gasteiger charge is -2.14. The molecule has 2 rings (SSSR count). The third-order valence-corrected chi connectivity index (χ3v) is 3.81. The van der Waals surface area contributed by atoms with E-state index in [9.17, 15) is 20.2 Å². The van der Waals surface area contributed by atoms with E-state index in [-0.39, 0.29) is 23.6 Å². The number of hydrogen-bond acceptors (Lipinski definition) is 8. The van der Waals surface area contributed by atoms with Gasteiger partial charge in [-0.1, -0.05) is 5.16 Å². The molecule has 136 valence electrons. The molecule has 2 aromatic rings. The Morgan fingerprint density at radius 3 is 2.62 bits per heavy atom. The van der Waals surface area contributed by atoms with Gasteiger partial charge in [0.2, 0.25) is 0 Å². The second-order valence-corrected chi connectivity index (χ2v) is 5.38. The van der Waals surface area contributed by atoms with Gasteiger partial charge >= 0.3 is 5.97 Å². The number of nitro groups is 1. The minimum Gasteiger partial charge on any atom is -0.496 e. The lowest BCUT2D eigenvalue weighted by Crippen LogP contribution is -2.16. The predicted molar refractivity (Wildman–Crippen MR) is 89.6 cm³/mol. The van der Waals surface area contributed by atoms with Crippen molar-refractivity contribution >= 4 is 11.7 Å². The molecule has 0 saturated heterocycles. The molecule has 0 N–H and O–H groups in total. The van der Waals surface area contributed by atoms with Crippen LogP contribution < -0.4 is 4.74 Å². The SMILES string of the molecule is CCOC(=O)C(C#N)c1cc(OC)c(-c2c(C)noc2C)cc1[N+](=O)[O-]. The van der Waals surface area contributed by atoms with E-state index in [1.54, 1.807) is 26.8 Å². The summed E-state index contributed by atoms with van der Waals surface area (Å²) in [5.41, 5.74) is 0.995. The van der Waals surface area contributed by atoms with Crippen molar-refractivity contribution in [2.24, 2.45) is 0 Å². The van der Waals surface area contributed by atoms with Gasteiger partial charge in [0.1, 0.15) is 11.5 Å². The van der Waals surface area contributed by atoms with E-state index in [4.69, 9.17) is 14.0 Å². The molecule has 9 heteroatoms. The van der Waals surface area contributed by atoms with Gasteiger partial charge < -0.3 is 14.0 Å². The summed E-state index contributed by atoms with van der Waals surface area (Å²) >= 11 is 0. The molecule has 1 aromatic heterocycles. The molecular formula is C17H17N3O6. The fourth-order valence-corrected chi connectivity index (χ4v) is 2.68. The first-order valence-corrected chi connectivity index (χ1v) is 7.71. The molecule has 1 atom stereocenters. The number of benzene rings is 1. The molecule has 0 aliphatic carbocycles. The molecule has 9 nitrogen and oxygen atoms in total. The molecule has 0 spiro atoms. The molecular weight excluding hydrogens is 342 g/mol. The Morgan fingerprint density at radius 1 is 1.46 bits per heavy atom. The van der Waals surface area contributed by atoms with Gasteiger partial charge in [-0.2, -0.15) is 5.26 Å². The lowest BCUT2D eigenvalue weighted by atomic mass is 9.93. The Kier molecular flexibility index (Phi) is 5.57. The highest BCUT2D eigenvalue weighted by Crippen LogP contribution is 2.41. The Labute approximate surface area is 149 Å². The second kappa shape index (κ2) is 7.65. The largest absolute Gasteiger partial charge is 0.496 e. The zero-order valence-electron chi connectivity index (χ0n) is 14.7. The van der Waals surface area contributed by atoms with Gasteiger partial charge in [0.25, 0.3) is 5.69 Å². The number of carbonyl (C=O) groups excluding carboxylic acids is 1. The number of ether oxygens (including phenoxy) is 2. The van der Waals surface area contributed by atoms with Crippen LogP contribution in [0.25, 0.3) is 11.1 Å². The van der Waals surface area contributed by atoms with Crippen molar-refractivity contribution in [3.05, 3.63) is 39.3 Å². The second-order valence-electron chi connectivity index (χ2n) is 5.38. The number of methoxy groups -OCH3 is 1. The highest BCUT2D eigenvalue weighted by Gasteiger charge is 2.32. The summed E-state index contributed by atoms with van der Waals surface area (Å²) in [5, 5.41) is 24.8. The Morgan fingerprint density at radius 2 is 2.15 bits per heavy atom. The van der Waals surface area contributed by atoms with Crippen LogP contribution >= 0.6 is 0 Å². The third kappa shape index (κ3) is 3.35. The van der Waals surface area contributed by atoms with E-state index in [2.05, 4.69) is 5.16 Å². The summed E-state index contributed by atoms with van der Waals surface area (Å²) in [7, 11) is 1.39. The molecule has 0 saturated carbocycles. The summed E-state index contributed by atoms with van der Waals surface area (Å²) < 4.78 is 15.3. The van der Waals surface area contributed by atoms with Gasteiger partial charge in [-0.3, -0.25) is 14.9 Å². The van der Waals surface area contributed by atoms with Crippen molar-refractivity contribution in [2.45, 2.75) is 26.7 Å². The predicted octanol–water partition coefficient (Wildman–Crippen LogP) is 3.05. The molecule has 0 aliphatic rings. The fraction of sp³-hybridized carbons (Fsp3) is 0.353. The summed E-state index contributed by atoms with van der Waals surface area (Å²) in [6.45, 7) is 5.01. The molecule has 0 amide bonds. The normalized spacial score (nSPS) is 11.5. The first-order chi connectivity index (χ1) is 12.3. The van der Waals surface area contributed by atoms with Crippen LogP contribution in [0.1, 0.15) is 29.9 Å². The van der Waals surface area contributed by atoms with Crippen LogP contribution in [0.5, 0.6) is 5.75 Å². The summed E-state index contributed by atoms with van der Waals surface area (Å²) in [6, 6.07) is 4.33. The first-order valence-electron chi connectivity index (χ1n) is 7.71. The molecule has 0 bridgehead atoms. The summed E-state index contributed by atoms with van der Waals surface area (Å²) in [5.74, 6) is -1.58. The highest BCUT2D eigenvalue weighted by atomic mass is 16.6. The zero-order chi connectivity index (χ0) is 19.4. The monoisotopic (exact) mass is 359 g/mol. The zero-order valence-corrected chi connectivity index (χ0v) is 14.7. The van der Waals surface area contributed by atoms with E-state index >= 15 is 0 Å². The van der Waals surface area contributed by atoms with Gasteiger partial charge in [0.15, 0.2) is 5.92 Å². The molecule has 0 radical (unpaired) electrons. The smallest absolute Gasteiger partial charge is 0.328 e. The number of aryl methyl sites for hydroxylation is 2. The average Bonchev–Trinajstić information content (AvgIpc) is 2.93. The van der Waals surface area contributed by atoms with Crippen molar-refractivity contribution in [1.82, 2.24) is 5.16 Å². The van der Waals surface area contributed by atoms with Crippen molar-refractivity contribution in [3.8, 4) is 22.9 Å². The Bertz CT molecular complexity index is 877. The van der Waals surface area contributed by atoms with E-state index in [1.807, 2.05) is 0 Å². The number of rotatable bonds is 6. The Balaban J connectivity index is 2.75. The van der Waals surface area contributed by atoms with E-state index in [0.717, 1.165) is 0 Å². The van der Waals surface area contributed by atoms with Crippen LogP contribution in [0, 0.1) is 35.3 Å². The number of carbonyl (C=O) groups is 1. The van der Waals surface area contributed by atoms with E-state index in [1.165, 1.54) is 19.2 Å². The number of nitro benzene ring substituents is 1. The molecule has 26 heavy (non-hydrogen) atoms. The standard InChI is InChI=1S/C17H17N3O6/c1-5-25-17(21)13(8-18)11-7-15(24-4)12(6-14(11)20(22)23)16-9(2)19-26-10(16)3/h6-7,13H,5H2,1-4H3. The van der Waals surface area contributed by atoms with Crippen molar-refractivity contribution in [3.63, 3.8) is 0 Å². The number of nitriles is 1. The van der Waals surface area contributed by atoms with E-state index in [0.29, 0.717) is 22.6 Å². The minimum atomic E-state index is -1.44. The number of esters is 1. The maximum Gasteiger partial charge on any atom is 0.328 e. The summed E-state index contributed by atoms with van der Waals surface area (Å²) in [6.07, 6.45) is 0. The Hall–Kier alpha value is -3.41. The molecule has 0 fully saturated rings. The lowest BCUT2D eigenvalue weighted by molar-refractivity contribution is -0.385. The minimum absolute atomic E-state index is 0.0547. The van der Waals surface area contributed by atoms with Gasteiger partial charge in [-0.05, 0) is 26.8 Å². The first kappa shape index (κ1) is 18.9. The molecule has 0 aliphatic heterocycles. The number of aromatic nitrogens is 1. The van der Waals surface area contributed by atoms with Crippen LogP contribution in [0.3, 0.4) is 0 Å². The average molecular weight is 359 g/mol. The fourth-order valence-electron chi connectivity index (χ4n) is 2.68. The third-order valence-electron chi connectivity index (χ3n) is 3.81. The van der Waals surface area contributed by atoms with Crippen LogP contribution in [-0.2, 0) is 9.53 Å². The van der Waals surface area contributed by atoms with E-state index < -0.39 is 16.8 Å². The topological polar surface area (TPSA) is 128 Å². The van der Waals surface area contributed by atoms with Crippen LogP contribution in [0.15, 0.2) is 16.7 Å². The van der Waals surface area contributed by atoms with Gasteiger partial charge in [0, 0.05) is 11.6 Å². The molecule has 1 aromatic carbocycles. The van der Waals surface area contributed by atoms with Crippen LogP contribution in [0.2, 0.25) is 0 Å². The molecule has 1 unspecified atom stereocenters. The van der Waals surface area contributed by atoms with Crippen molar-refractivity contribution < 1.29 is 23.7 Å². The maximum atomic E-state index is 12.0.